The van der Waals surface area contributed by atoms with Crippen molar-refractivity contribution in [2.75, 3.05) is 26.2 Å². The number of halogens is 1. The Morgan fingerprint density at radius 1 is 1.23 bits per heavy atom. The smallest absolute Gasteiger partial charge is 0.261 e. The molecule has 0 aliphatic carbocycles. The van der Waals surface area contributed by atoms with Crippen LogP contribution in [0.15, 0.2) is 29.2 Å². The van der Waals surface area contributed by atoms with Gasteiger partial charge in [-0.3, -0.25) is 4.79 Å². The zero-order chi connectivity index (χ0) is 21.5. The lowest BCUT2D eigenvalue weighted by Crippen LogP contribution is -2.40. The number of hydrogen-bond acceptors (Lipinski definition) is 5. The van der Waals surface area contributed by atoms with Crippen molar-refractivity contribution < 1.29 is 13.2 Å². The largest absolute Gasteiger partial charge is 0.351 e. The third-order valence-electron chi connectivity index (χ3n) is 5.78. The number of nitrogens with one attached hydrogen (secondary N) is 1. The van der Waals surface area contributed by atoms with E-state index in [4.69, 9.17) is 11.6 Å². The maximum atomic E-state index is 12.7. The van der Waals surface area contributed by atoms with Crippen molar-refractivity contribution in [3.63, 3.8) is 0 Å². The average molecular weight is 467 g/mol. The fraction of sp³-hybridized carbons (Fsp3) is 0.500. The number of carbonyl (C=O) groups excluding carboxylic acids is 1. The van der Waals surface area contributed by atoms with E-state index < -0.39 is 9.84 Å². The Labute approximate surface area is 187 Å². The highest BCUT2D eigenvalue weighted by atomic mass is 35.5. The molecule has 2 aliphatic heterocycles. The minimum absolute atomic E-state index is 0.0925. The molecule has 5 nitrogen and oxygen atoms in total. The Balaban J connectivity index is 1.39. The highest BCUT2D eigenvalue weighted by molar-refractivity contribution is 7.91. The highest BCUT2D eigenvalue weighted by Gasteiger charge is 2.31. The van der Waals surface area contributed by atoms with Crippen LogP contribution >= 0.6 is 22.9 Å². The highest BCUT2D eigenvalue weighted by Crippen LogP contribution is 2.43. The van der Waals surface area contributed by atoms with E-state index in [9.17, 15) is 13.2 Å². The molecule has 4 rings (SSSR count). The average Bonchev–Trinajstić information content (AvgIpc) is 3.07. The van der Waals surface area contributed by atoms with Gasteiger partial charge in [0.15, 0.2) is 9.84 Å². The Hall–Kier alpha value is -1.41. The Morgan fingerprint density at radius 3 is 2.70 bits per heavy atom. The van der Waals surface area contributed by atoms with Gasteiger partial charge in [-0.15, -0.1) is 11.3 Å². The van der Waals surface area contributed by atoms with Crippen LogP contribution in [0.25, 0.3) is 10.4 Å². The van der Waals surface area contributed by atoms with E-state index >= 15 is 0 Å². The second-order valence-corrected chi connectivity index (χ2v) is 12.1. The number of hydrogen-bond donors (Lipinski definition) is 1. The molecular weight excluding hydrogens is 440 g/mol. The van der Waals surface area contributed by atoms with Gasteiger partial charge in [0.05, 0.1) is 15.5 Å². The van der Waals surface area contributed by atoms with Crippen LogP contribution in [0.1, 0.15) is 41.9 Å². The van der Waals surface area contributed by atoms with Gasteiger partial charge in [-0.2, -0.15) is 0 Å². The fourth-order valence-electron chi connectivity index (χ4n) is 4.67. The molecule has 3 heterocycles. The first-order valence-corrected chi connectivity index (χ1v) is 13.2. The molecule has 1 amide bonds. The number of benzene rings is 1. The van der Waals surface area contributed by atoms with Crippen LogP contribution < -0.4 is 5.32 Å². The number of rotatable bonds is 5. The van der Waals surface area contributed by atoms with E-state index in [1.807, 2.05) is 0 Å². The molecule has 0 spiro atoms. The summed E-state index contributed by atoms with van der Waals surface area (Å²) in [6, 6.07) is 6.63. The second kappa shape index (κ2) is 8.61. The normalized spacial score (nSPS) is 22.9. The predicted octanol–water partition coefficient (Wildman–Crippen LogP) is 4.45. The summed E-state index contributed by atoms with van der Waals surface area (Å²) < 4.78 is 25.2. The van der Waals surface area contributed by atoms with Crippen LogP contribution in [0, 0.1) is 11.8 Å². The van der Waals surface area contributed by atoms with Crippen molar-refractivity contribution >= 4 is 38.7 Å². The van der Waals surface area contributed by atoms with Crippen molar-refractivity contribution in [2.45, 2.75) is 37.3 Å². The van der Waals surface area contributed by atoms with E-state index in [0.717, 1.165) is 42.8 Å². The van der Waals surface area contributed by atoms with Gasteiger partial charge in [-0.05, 0) is 55.0 Å². The molecule has 2 atom stereocenters. The molecule has 1 fully saturated rings. The van der Waals surface area contributed by atoms with Crippen molar-refractivity contribution in [3.05, 3.63) is 39.7 Å². The van der Waals surface area contributed by atoms with E-state index in [1.165, 1.54) is 23.8 Å². The van der Waals surface area contributed by atoms with Crippen LogP contribution in [0.4, 0.5) is 0 Å². The molecular formula is C22H27ClN2O3S2. The number of nitrogens with zero attached hydrogens (tertiary/aromatic N) is 1. The number of likely N-dealkylation sites (tertiary alicyclic amines) is 1. The number of piperidine rings is 1. The van der Waals surface area contributed by atoms with E-state index in [-0.39, 0.29) is 16.6 Å². The van der Waals surface area contributed by atoms with Crippen molar-refractivity contribution in [1.29, 1.82) is 0 Å². The standard InChI is InChI=1S/C22H27ClN2O3S2/c1-14-8-15(2)12-25(11-14)7-3-6-24-22(26)19-9-16-13-30(27,28)20-10-17(23)4-5-18(20)21(16)29-19/h4-5,9-10,14-15H,3,6-8,11-13H2,1-2H3,(H,24,26)/t14-,15+. The summed E-state index contributed by atoms with van der Waals surface area (Å²) in [5, 5.41) is 3.39. The van der Waals surface area contributed by atoms with Crippen LogP contribution in [-0.2, 0) is 15.6 Å². The molecule has 30 heavy (non-hydrogen) atoms. The lowest BCUT2D eigenvalue weighted by atomic mass is 9.92. The van der Waals surface area contributed by atoms with Gasteiger partial charge in [0.2, 0.25) is 0 Å². The zero-order valence-electron chi connectivity index (χ0n) is 17.3. The molecule has 1 aromatic carbocycles. The Kier molecular flexibility index (Phi) is 6.26. The third kappa shape index (κ3) is 4.59. The van der Waals surface area contributed by atoms with Gasteiger partial charge in [-0.25, -0.2) is 8.42 Å². The quantitative estimate of drug-likeness (QED) is 0.661. The molecule has 1 aromatic heterocycles. The number of thiophene rings is 1. The van der Waals surface area contributed by atoms with E-state index in [1.54, 1.807) is 18.2 Å². The summed E-state index contributed by atoms with van der Waals surface area (Å²) in [4.78, 5) is 16.8. The van der Waals surface area contributed by atoms with Crippen molar-refractivity contribution in [1.82, 2.24) is 10.2 Å². The number of sulfone groups is 1. The van der Waals surface area contributed by atoms with Gasteiger partial charge < -0.3 is 10.2 Å². The summed E-state index contributed by atoms with van der Waals surface area (Å²) in [6.07, 6.45) is 2.20. The summed E-state index contributed by atoms with van der Waals surface area (Å²) in [5.74, 6) is 1.23. The first-order chi connectivity index (χ1) is 14.2. The lowest BCUT2D eigenvalue weighted by molar-refractivity contribution is 0.0951. The van der Waals surface area contributed by atoms with Gasteiger partial charge in [0.25, 0.3) is 5.91 Å². The summed E-state index contributed by atoms with van der Waals surface area (Å²) in [7, 11) is -3.45. The molecule has 0 saturated carbocycles. The van der Waals surface area contributed by atoms with Crippen molar-refractivity contribution in [2.24, 2.45) is 11.8 Å². The number of carbonyl (C=O) groups is 1. The van der Waals surface area contributed by atoms with Gasteiger partial charge in [-0.1, -0.05) is 31.5 Å². The monoisotopic (exact) mass is 466 g/mol. The first kappa shape index (κ1) is 21.8. The van der Waals surface area contributed by atoms with Crippen LogP contribution in [-0.4, -0.2) is 45.4 Å². The van der Waals surface area contributed by atoms with Crippen LogP contribution in [0.3, 0.4) is 0 Å². The molecule has 2 aliphatic rings. The van der Waals surface area contributed by atoms with Crippen LogP contribution in [0.2, 0.25) is 5.02 Å². The summed E-state index contributed by atoms with van der Waals surface area (Å²) >= 11 is 7.35. The molecule has 2 aromatic rings. The minimum Gasteiger partial charge on any atom is -0.351 e. The molecule has 162 valence electrons. The molecule has 0 radical (unpaired) electrons. The molecule has 8 heteroatoms. The number of fused-ring (bicyclic) bond motifs is 3. The molecule has 1 N–H and O–H groups in total. The van der Waals surface area contributed by atoms with Crippen LogP contribution in [0.5, 0.6) is 0 Å². The summed E-state index contributed by atoms with van der Waals surface area (Å²) in [6.45, 7) is 8.47. The molecule has 0 unspecified atom stereocenters. The topological polar surface area (TPSA) is 66.5 Å². The second-order valence-electron chi connectivity index (χ2n) is 8.68. The van der Waals surface area contributed by atoms with E-state index in [2.05, 4.69) is 24.1 Å². The minimum atomic E-state index is -3.45. The van der Waals surface area contributed by atoms with Gasteiger partial charge in [0, 0.05) is 35.1 Å². The zero-order valence-corrected chi connectivity index (χ0v) is 19.7. The Morgan fingerprint density at radius 2 is 1.97 bits per heavy atom. The third-order valence-corrected chi connectivity index (χ3v) is 8.93. The van der Waals surface area contributed by atoms with Gasteiger partial charge >= 0.3 is 0 Å². The molecule has 1 saturated heterocycles. The van der Waals surface area contributed by atoms with E-state index in [0.29, 0.717) is 27.6 Å². The molecule has 0 bridgehead atoms. The maximum absolute atomic E-state index is 12.7. The SMILES string of the molecule is C[C@@H]1C[C@H](C)CN(CCCNC(=O)c2cc3c(s2)-c2ccc(Cl)cc2S(=O)(=O)C3)C1. The first-order valence-electron chi connectivity index (χ1n) is 10.4. The lowest BCUT2D eigenvalue weighted by Gasteiger charge is -2.34. The number of amides is 1. The fourth-order valence-corrected chi connectivity index (χ4v) is 7.80. The maximum Gasteiger partial charge on any atom is 0.261 e. The van der Waals surface area contributed by atoms with Gasteiger partial charge in [0.1, 0.15) is 0 Å². The predicted molar refractivity (Wildman–Crippen MR) is 122 cm³/mol. The Bertz CT molecular complexity index is 1050. The summed E-state index contributed by atoms with van der Waals surface area (Å²) in [5.41, 5.74) is 1.33. The van der Waals surface area contributed by atoms with Crippen molar-refractivity contribution in [3.8, 4) is 10.4 Å².